The molecule has 1 saturated heterocycles. The summed E-state index contributed by atoms with van der Waals surface area (Å²) in [7, 11) is 0. The van der Waals surface area contributed by atoms with Crippen LogP contribution in [0.25, 0.3) is 10.1 Å². The quantitative estimate of drug-likeness (QED) is 0.610. The van der Waals surface area contributed by atoms with Crippen molar-refractivity contribution in [1.29, 1.82) is 0 Å². The van der Waals surface area contributed by atoms with Crippen molar-refractivity contribution >= 4 is 33.5 Å². The number of carbonyl (C=O) groups excluding carboxylic acids is 1. The summed E-state index contributed by atoms with van der Waals surface area (Å²) in [5.41, 5.74) is 0. The molecule has 1 N–H and O–H groups in total. The number of nitrogens with one attached hydrogen (secondary N) is 1. The highest BCUT2D eigenvalue weighted by Gasteiger charge is 2.26. The second-order valence-electron chi connectivity index (χ2n) is 10.1. The summed E-state index contributed by atoms with van der Waals surface area (Å²) in [6, 6.07) is 8.86. The lowest BCUT2D eigenvalue weighted by molar-refractivity contribution is 0.0706. The van der Waals surface area contributed by atoms with E-state index < -0.39 is 0 Å². The molecule has 33 heavy (non-hydrogen) atoms. The molecule has 3 fully saturated rings. The van der Waals surface area contributed by atoms with Crippen molar-refractivity contribution in [2.24, 2.45) is 5.92 Å². The van der Waals surface area contributed by atoms with Gasteiger partial charge in [-0.15, -0.1) is 0 Å². The van der Waals surface area contributed by atoms with E-state index in [0.29, 0.717) is 6.04 Å². The molecule has 2 aliphatic carbocycles. The second-order valence-corrected chi connectivity index (χ2v) is 11.0. The number of rotatable bonds is 6. The standard InChI is InChI=1S/C26H38N4O2S/c31-26(32-22-6-2-1-3-7-22)27-21-12-10-20(11-13-21)14-15-29-16-18-30(19-17-29)25-23-8-4-5-9-24(23)33-28-25/h4-5,8-9,20-22H,1-3,6-7,10-19H2,(H,27,31)/t20-,21-. The van der Waals surface area contributed by atoms with Gasteiger partial charge < -0.3 is 15.0 Å². The average molecular weight is 471 g/mol. The minimum absolute atomic E-state index is 0.143. The van der Waals surface area contributed by atoms with E-state index in [1.165, 1.54) is 61.0 Å². The van der Waals surface area contributed by atoms with Crippen molar-refractivity contribution in [1.82, 2.24) is 14.6 Å². The van der Waals surface area contributed by atoms with Gasteiger partial charge in [-0.25, -0.2) is 4.79 Å². The molecule has 7 heteroatoms. The van der Waals surface area contributed by atoms with Gasteiger partial charge in [0.2, 0.25) is 0 Å². The van der Waals surface area contributed by atoms with Crippen LogP contribution in [-0.2, 0) is 4.74 Å². The summed E-state index contributed by atoms with van der Waals surface area (Å²) in [6.45, 7) is 5.56. The zero-order valence-electron chi connectivity index (χ0n) is 19.7. The van der Waals surface area contributed by atoms with E-state index in [-0.39, 0.29) is 12.2 Å². The van der Waals surface area contributed by atoms with Crippen molar-refractivity contribution in [3.8, 4) is 0 Å². The van der Waals surface area contributed by atoms with Crippen molar-refractivity contribution in [2.45, 2.75) is 76.4 Å². The van der Waals surface area contributed by atoms with Crippen molar-refractivity contribution in [3.05, 3.63) is 24.3 Å². The van der Waals surface area contributed by atoms with Crippen LogP contribution in [0.2, 0.25) is 0 Å². The van der Waals surface area contributed by atoms with Gasteiger partial charge in [-0.05, 0) is 93.9 Å². The van der Waals surface area contributed by atoms with E-state index in [1.54, 1.807) is 11.5 Å². The van der Waals surface area contributed by atoms with Crippen LogP contribution in [0.3, 0.4) is 0 Å². The van der Waals surface area contributed by atoms with Crippen LogP contribution in [0.4, 0.5) is 10.6 Å². The highest BCUT2D eigenvalue weighted by Crippen LogP contribution is 2.31. The minimum Gasteiger partial charge on any atom is -0.446 e. The lowest BCUT2D eigenvalue weighted by atomic mass is 9.84. The number of alkyl carbamates (subject to hydrolysis) is 1. The molecule has 2 aromatic rings. The molecule has 0 atom stereocenters. The number of benzene rings is 1. The first kappa shape index (κ1) is 22.9. The Kier molecular flexibility index (Phi) is 7.67. The molecule has 0 spiro atoms. The Hall–Kier alpha value is -1.86. The summed E-state index contributed by atoms with van der Waals surface area (Å²) >= 11 is 1.61. The van der Waals surface area contributed by atoms with Gasteiger partial charge >= 0.3 is 6.09 Å². The van der Waals surface area contributed by atoms with Crippen LogP contribution in [0.15, 0.2) is 24.3 Å². The zero-order chi connectivity index (χ0) is 22.5. The monoisotopic (exact) mass is 470 g/mol. The summed E-state index contributed by atoms with van der Waals surface area (Å²) in [6.07, 6.45) is 11.6. The van der Waals surface area contributed by atoms with E-state index in [1.807, 2.05) is 0 Å². The van der Waals surface area contributed by atoms with Crippen LogP contribution in [0.5, 0.6) is 0 Å². The summed E-state index contributed by atoms with van der Waals surface area (Å²) in [5.74, 6) is 1.96. The Morgan fingerprint density at radius 1 is 1.00 bits per heavy atom. The lowest BCUT2D eigenvalue weighted by Gasteiger charge is -2.36. The number of hydrogen-bond donors (Lipinski definition) is 1. The van der Waals surface area contributed by atoms with Crippen LogP contribution in [0, 0.1) is 5.92 Å². The third-order valence-corrected chi connectivity index (χ3v) is 8.70. The Balaban J connectivity index is 0.985. The molecule has 1 aliphatic heterocycles. The van der Waals surface area contributed by atoms with E-state index in [9.17, 15) is 4.79 Å². The van der Waals surface area contributed by atoms with Crippen LogP contribution in [0.1, 0.15) is 64.2 Å². The zero-order valence-corrected chi connectivity index (χ0v) is 20.5. The number of aromatic nitrogens is 1. The normalized spacial score (nSPS) is 25.3. The molecular weight excluding hydrogens is 432 g/mol. The molecule has 3 aliphatic rings. The highest BCUT2D eigenvalue weighted by atomic mass is 32.1. The first-order valence-corrected chi connectivity index (χ1v) is 13.8. The van der Waals surface area contributed by atoms with Gasteiger partial charge in [-0.2, -0.15) is 4.37 Å². The molecule has 5 rings (SSSR count). The maximum atomic E-state index is 12.2. The largest absolute Gasteiger partial charge is 0.446 e. The third-order valence-electron chi connectivity index (χ3n) is 7.88. The Morgan fingerprint density at radius 3 is 2.55 bits per heavy atom. The van der Waals surface area contributed by atoms with Crippen molar-refractivity contribution in [2.75, 3.05) is 37.6 Å². The van der Waals surface area contributed by atoms with Gasteiger partial charge in [0.15, 0.2) is 0 Å². The first-order valence-electron chi connectivity index (χ1n) is 13.0. The average Bonchev–Trinajstić information content (AvgIpc) is 3.29. The fourth-order valence-corrected chi connectivity index (χ4v) is 6.58. The highest BCUT2D eigenvalue weighted by molar-refractivity contribution is 7.13. The number of ether oxygens (including phenoxy) is 1. The predicted molar refractivity (Wildman–Crippen MR) is 135 cm³/mol. The number of amides is 1. The van der Waals surface area contributed by atoms with Gasteiger partial charge in [0.05, 0.1) is 4.70 Å². The molecule has 1 amide bonds. The molecular formula is C26H38N4O2S. The Morgan fingerprint density at radius 2 is 1.76 bits per heavy atom. The molecule has 6 nitrogen and oxygen atoms in total. The van der Waals surface area contributed by atoms with Crippen LogP contribution < -0.4 is 10.2 Å². The smallest absolute Gasteiger partial charge is 0.407 e. The number of anilines is 1. The molecule has 2 heterocycles. The maximum absolute atomic E-state index is 12.2. The molecule has 0 radical (unpaired) electrons. The topological polar surface area (TPSA) is 57.7 Å². The van der Waals surface area contributed by atoms with Gasteiger partial charge in [0.1, 0.15) is 11.9 Å². The fraction of sp³-hybridized carbons (Fsp3) is 0.692. The summed E-state index contributed by atoms with van der Waals surface area (Å²) in [4.78, 5) is 17.3. The fourth-order valence-electron chi connectivity index (χ4n) is 5.78. The number of fused-ring (bicyclic) bond motifs is 1. The van der Waals surface area contributed by atoms with Gasteiger partial charge in [-0.3, -0.25) is 4.90 Å². The first-order chi connectivity index (χ1) is 16.2. The lowest BCUT2D eigenvalue weighted by Crippen LogP contribution is -2.47. The minimum atomic E-state index is -0.184. The van der Waals surface area contributed by atoms with E-state index in [0.717, 1.165) is 57.8 Å². The number of piperazine rings is 1. The van der Waals surface area contributed by atoms with Gasteiger partial charge in [-0.1, -0.05) is 18.6 Å². The molecule has 0 unspecified atom stereocenters. The van der Waals surface area contributed by atoms with E-state index in [4.69, 9.17) is 9.11 Å². The summed E-state index contributed by atoms with van der Waals surface area (Å²) < 4.78 is 11.7. The van der Waals surface area contributed by atoms with E-state index >= 15 is 0 Å². The number of hydrogen-bond acceptors (Lipinski definition) is 6. The molecule has 1 aromatic heterocycles. The third kappa shape index (κ3) is 5.99. The Labute approximate surface area is 201 Å². The van der Waals surface area contributed by atoms with Gasteiger partial charge in [0, 0.05) is 37.6 Å². The molecule has 0 bridgehead atoms. The molecule has 2 saturated carbocycles. The number of nitrogens with zero attached hydrogens (tertiary/aromatic N) is 3. The summed E-state index contributed by atoms with van der Waals surface area (Å²) in [5, 5.41) is 4.44. The van der Waals surface area contributed by atoms with Crippen LogP contribution >= 0.6 is 11.5 Å². The van der Waals surface area contributed by atoms with Gasteiger partial charge in [0.25, 0.3) is 0 Å². The predicted octanol–water partition coefficient (Wildman–Crippen LogP) is 5.43. The second kappa shape index (κ2) is 11.0. The van der Waals surface area contributed by atoms with Crippen molar-refractivity contribution in [3.63, 3.8) is 0 Å². The van der Waals surface area contributed by atoms with Crippen LogP contribution in [-0.4, -0.2) is 60.2 Å². The Bertz CT molecular complexity index is 897. The SMILES string of the molecule is O=C(N[C@H]1CC[C@H](CCN2CCN(c3nsc4ccccc34)CC2)CC1)OC1CCCCC1. The number of carbonyl (C=O) groups is 1. The maximum Gasteiger partial charge on any atom is 0.407 e. The molecule has 1 aromatic carbocycles. The van der Waals surface area contributed by atoms with E-state index in [2.05, 4.69) is 39.4 Å². The van der Waals surface area contributed by atoms with Crippen molar-refractivity contribution < 1.29 is 9.53 Å². The molecule has 180 valence electrons.